The third-order valence-corrected chi connectivity index (χ3v) is 2.39. The van der Waals surface area contributed by atoms with E-state index in [0.717, 1.165) is 5.56 Å². The average molecular weight is 230 g/mol. The number of hydrogen-bond donors (Lipinski definition) is 0. The summed E-state index contributed by atoms with van der Waals surface area (Å²) in [7, 11) is 0. The summed E-state index contributed by atoms with van der Waals surface area (Å²) < 4.78 is 18.5. The number of carbonyl (C=O) groups is 1. The molecule has 0 aromatic heterocycles. The zero-order valence-corrected chi connectivity index (χ0v) is 9.31. The first-order chi connectivity index (χ1) is 8.18. The number of esters is 1. The van der Waals surface area contributed by atoms with Gasteiger partial charge in [-0.2, -0.15) is 0 Å². The molecule has 0 heterocycles. The van der Waals surface area contributed by atoms with Gasteiger partial charge in [-0.3, -0.25) is 0 Å². The molecule has 2 aromatic carbocycles. The van der Waals surface area contributed by atoms with Crippen LogP contribution in [0.2, 0.25) is 0 Å². The molecule has 0 unspecified atom stereocenters. The van der Waals surface area contributed by atoms with Gasteiger partial charge in [-0.1, -0.05) is 30.3 Å². The molecule has 0 fully saturated rings. The van der Waals surface area contributed by atoms with Gasteiger partial charge in [0.05, 0.1) is 5.56 Å². The lowest BCUT2D eigenvalue weighted by molar-refractivity contribution is 0.0728. The van der Waals surface area contributed by atoms with Gasteiger partial charge in [-0.05, 0) is 30.7 Å². The van der Waals surface area contributed by atoms with Crippen LogP contribution in [-0.2, 0) is 0 Å². The number of rotatable bonds is 2. The Kier molecular flexibility index (Phi) is 3.19. The Hall–Kier alpha value is -2.16. The summed E-state index contributed by atoms with van der Waals surface area (Å²) in [5.74, 6) is -0.816. The highest BCUT2D eigenvalue weighted by atomic mass is 19.1. The Balaban J connectivity index is 2.24. The van der Waals surface area contributed by atoms with E-state index in [1.807, 2.05) is 19.1 Å². The van der Waals surface area contributed by atoms with E-state index in [0.29, 0.717) is 5.75 Å². The lowest BCUT2D eigenvalue weighted by atomic mass is 10.2. The second-order valence-electron chi connectivity index (χ2n) is 3.63. The molecular weight excluding hydrogens is 219 g/mol. The summed E-state index contributed by atoms with van der Waals surface area (Å²) in [5.41, 5.74) is 0.771. The summed E-state index contributed by atoms with van der Waals surface area (Å²) in [4.78, 5) is 11.7. The molecule has 2 rings (SSSR count). The van der Waals surface area contributed by atoms with E-state index in [4.69, 9.17) is 4.74 Å². The molecule has 0 bridgehead atoms. The molecule has 0 aliphatic rings. The Morgan fingerprint density at radius 3 is 2.41 bits per heavy atom. The Morgan fingerprint density at radius 1 is 1.06 bits per heavy atom. The van der Waals surface area contributed by atoms with Gasteiger partial charge in [0.15, 0.2) is 0 Å². The van der Waals surface area contributed by atoms with E-state index in [1.165, 1.54) is 18.2 Å². The molecule has 86 valence electrons. The van der Waals surface area contributed by atoms with Crippen molar-refractivity contribution in [1.29, 1.82) is 0 Å². The van der Waals surface area contributed by atoms with Gasteiger partial charge in [0, 0.05) is 0 Å². The van der Waals surface area contributed by atoms with Crippen LogP contribution in [0.5, 0.6) is 5.75 Å². The maximum absolute atomic E-state index is 13.3. The quantitative estimate of drug-likeness (QED) is 0.584. The monoisotopic (exact) mass is 230 g/mol. The van der Waals surface area contributed by atoms with Gasteiger partial charge in [-0.15, -0.1) is 0 Å². The van der Waals surface area contributed by atoms with Gasteiger partial charge in [0.2, 0.25) is 0 Å². The topological polar surface area (TPSA) is 26.3 Å². The number of halogens is 1. The molecular formula is C14H11FO2. The first-order valence-corrected chi connectivity index (χ1v) is 5.21. The minimum Gasteiger partial charge on any atom is -0.423 e. The lowest BCUT2D eigenvalue weighted by Crippen LogP contribution is -2.11. The van der Waals surface area contributed by atoms with Crippen LogP contribution in [0.3, 0.4) is 0 Å². The fourth-order valence-corrected chi connectivity index (χ4v) is 1.45. The zero-order valence-electron chi connectivity index (χ0n) is 9.31. The second-order valence-corrected chi connectivity index (χ2v) is 3.63. The average Bonchev–Trinajstić information content (AvgIpc) is 2.32. The van der Waals surface area contributed by atoms with Crippen LogP contribution in [0.15, 0.2) is 48.5 Å². The first kappa shape index (κ1) is 11.3. The summed E-state index contributed by atoms with van der Waals surface area (Å²) in [6.45, 7) is 1.82. The van der Waals surface area contributed by atoms with Crippen molar-refractivity contribution in [3.8, 4) is 5.75 Å². The van der Waals surface area contributed by atoms with Crippen molar-refractivity contribution < 1.29 is 13.9 Å². The molecule has 0 spiro atoms. The van der Waals surface area contributed by atoms with Crippen molar-refractivity contribution in [2.75, 3.05) is 0 Å². The molecule has 3 heteroatoms. The predicted molar refractivity (Wildman–Crippen MR) is 62.5 cm³/mol. The number of hydrogen-bond acceptors (Lipinski definition) is 2. The van der Waals surface area contributed by atoms with Gasteiger partial charge in [0.25, 0.3) is 0 Å². The Morgan fingerprint density at radius 2 is 1.71 bits per heavy atom. The molecule has 0 radical (unpaired) electrons. The molecule has 2 aromatic rings. The summed E-state index contributed by atoms with van der Waals surface area (Å²) in [5, 5.41) is 0. The van der Waals surface area contributed by atoms with E-state index in [9.17, 15) is 9.18 Å². The lowest BCUT2D eigenvalue weighted by Gasteiger charge is -2.07. The van der Waals surface area contributed by atoms with E-state index in [1.54, 1.807) is 18.2 Å². The normalized spacial score (nSPS) is 10.0. The SMILES string of the molecule is Cc1ccccc1OC(=O)c1ccccc1F. The van der Waals surface area contributed by atoms with Crippen LogP contribution >= 0.6 is 0 Å². The summed E-state index contributed by atoms with van der Waals surface area (Å²) >= 11 is 0. The molecule has 0 aliphatic carbocycles. The highest BCUT2D eigenvalue weighted by molar-refractivity contribution is 5.91. The highest BCUT2D eigenvalue weighted by Gasteiger charge is 2.13. The largest absolute Gasteiger partial charge is 0.423 e. The minimum atomic E-state index is -0.683. The maximum atomic E-state index is 13.3. The van der Waals surface area contributed by atoms with Crippen LogP contribution in [-0.4, -0.2) is 5.97 Å². The van der Waals surface area contributed by atoms with E-state index >= 15 is 0 Å². The fourth-order valence-electron chi connectivity index (χ4n) is 1.45. The van der Waals surface area contributed by atoms with Crippen LogP contribution in [0.25, 0.3) is 0 Å². The molecule has 0 saturated carbocycles. The summed E-state index contributed by atoms with van der Waals surface area (Å²) in [6, 6.07) is 12.9. The predicted octanol–water partition coefficient (Wildman–Crippen LogP) is 3.35. The van der Waals surface area contributed by atoms with Gasteiger partial charge >= 0.3 is 5.97 Å². The number of benzene rings is 2. The third-order valence-electron chi connectivity index (χ3n) is 2.39. The molecule has 0 saturated heterocycles. The number of ether oxygens (including phenoxy) is 1. The zero-order chi connectivity index (χ0) is 12.3. The van der Waals surface area contributed by atoms with Gasteiger partial charge in [0.1, 0.15) is 11.6 Å². The third kappa shape index (κ3) is 2.50. The highest BCUT2D eigenvalue weighted by Crippen LogP contribution is 2.18. The standard InChI is InChI=1S/C14H11FO2/c1-10-6-2-5-9-13(10)17-14(16)11-7-3-4-8-12(11)15/h2-9H,1H3. The number of para-hydroxylation sites is 1. The van der Waals surface area contributed by atoms with E-state index in [2.05, 4.69) is 0 Å². The van der Waals surface area contributed by atoms with Crippen LogP contribution < -0.4 is 4.74 Å². The van der Waals surface area contributed by atoms with Crippen LogP contribution in [0, 0.1) is 12.7 Å². The molecule has 0 amide bonds. The van der Waals surface area contributed by atoms with E-state index in [-0.39, 0.29) is 5.56 Å². The van der Waals surface area contributed by atoms with Crippen molar-refractivity contribution in [3.05, 3.63) is 65.5 Å². The van der Waals surface area contributed by atoms with E-state index < -0.39 is 11.8 Å². The smallest absolute Gasteiger partial charge is 0.346 e. The van der Waals surface area contributed by atoms with Crippen molar-refractivity contribution in [3.63, 3.8) is 0 Å². The van der Waals surface area contributed by atoms with Crippen molar-refractivity contribution in [2.45, 2.75) is 6.92 Å². The van der Waals surface area contributed by atoms with Crippen LogP contribution in [0.1, 0.15) is 15.9 Å². The maximum Gasteiger partial charge on any atom is 0.346 e. The Labute approximate surface area is 98.7 Å². The molecule has 0 atom stereocenters. The molecule has 0 N–H and O–H groups in total. The second kappa shape index (κ2) is 4.78. The minimum absolute atomic E-state index is 0.0595. The first-order valence-electron chi connectivity index (χ1n) is 5.21. The number of aryl methyl sites for hydroxylation is 1. The van der Waals surface area contributed by atoms with Gasteiger partial charge < -0.3 is 4.74 Å². The molecule has 2 nitrogen and oxygen atoms in total. The Bertz CT molecular complexity index is 549. The van der Waals surface area contributed by atoms with Gasteiger partial charge in [-0.25, -0.2) is 9.18 Å². The molecule has 17 heavy (non-hydrogen) atoms. The summed E-state index contributed by atoms with van der Waals surface area (Å²) in [6.07, 6.45) is 0. The van der Waals surface area contributed by atoms with Crippen molar-refractivity contribution in [1.82, 2.24) is 0 Å². The molecule has 0 aliphatic heterocycles. The number of carbonyl (C=O) groups excluding carboxylic acids is 1. The van der Waals surface area contributed by atoms with Crippen molar-refractivity contribution >= 4 is 5.97 Å². The fraction of sp³-hybridized carbons (Fsp3) is 0.0714. The van der Waals surface area contributed by atoms with Crippen LogP contribution in [0.4, 0.5) is 4.39 Å². The van der Waals surface area contributed by atoms with Crippen molar-refractivity contribution in [2.24, 2.45) is 0 Å².